The lowest BCUT2D eigenvalue weighted by Gasteiger charge is -2.28. The SMILES string of the molecule is Cc1ccc(OCCCC(=O)N2C3CCNCC2CC3)cc1C.Cl. The predicted molar refractivity (Wildman–Crippen MR) is 99.0 cm³/mol. The number of fused-ring (bicyclic) bond motifs is 2. The Bertz CT molecular complexity index is 550. The molecule has 2 atom stereocenters. The molecule has 24 heavy (non-hydrogen) atoms. The molecule has 2 fully saturated rings. The highest BCUT2D eigenvalue weighted by atomic mass is 35.5. The summed E-state index contributed by atoms with van der Waals surface area (Å²) in [7, 11) is 0. The molecule has 2 saturated heterocycles. The molecule has 0 aliphatic carbocycles. The van der Waals surface area contributed by atoms with Crippen LogP contribution in [-0.2, 0) is 4.79 Å². The molecule has 5 heteroatoms. The first-order chi connectivity index (χ1) is 11.1. The first-order valence-corrected chi connectivity index (χ1v) is 8.87. The normalized spacial score (nSPS) is 22.7. The molecule has 2 unspecified atom stereocenters. The van der Waals surface area contributed by atoms with Gasteiger partial charge in [0.15, 0.2) is 0 Å². The van der Waals surface area contributed by atoms with Crippen molar-refractivity contribution in [2.45, 2.75) is 58.0 Å². The van der Waals surface area contributed by atoms with Crippen molar-refractivity contribution in [2.24, 2.45) is 0 Å². The van der Waals surface area contributed by atoms with E-state index in [1.54, 1.807) is 0 Å². The summed E-state index contributed by atoms with van der Waals surface area (Å²) in [5, 5.41) is 3.44. The lowest BCUT2D eigenvalue weighted by atomic mass is 10.1. The zero-order chi connectivity index (χ0) is 16.2. The largest absolute Gasteiger partial charge is 0.494 e. The molecule has 0 aromatic heterocycles. The Morgan fingerprint density at radius 3 is 2.79 bits per heavy atom. The van der Waals surface area contributed by atoms with E-state index in [9.17, 15) is 4.79 Å². The Labute approximate surface area is 151 Å². The van der Waals surface area contributed by atoms with Gasteiger partial charge in [0.05, 0.1) is 6.61 Å². The molecule has 0 spiro atoms. The molecule has 1 aromatic carbocycles. The quantitative estimate of drug-likeness (QED) is 0.827. The van der Waals surface area contributed by atoms with Gasteiger partial charge in [-0.25, -0.2) is 0 Å². The van der Waals surface area contributed by atoms with E-state index in [4.69, 9.17) is 4.74 Å². The maximum absolute atomic E-state index is 12.6. The van der Waals surface area contributed by atoms with Gasteiger partial charge in [-0.3, -0.25) is 4.79 Å². The Morgan fingerprint density at radius 1 is 1.21 bits per heavy atom. The number of carbonyl (C=O) groups excluding carboxylic acids is 1. The summed E-state index contributed by atoms with van der Waals surface area (Å²) in [6.45, 7) is 6.80. The fourth-order valence-corrected chi connectivity index (χ4v) is 3.74. The number of carbonyl (C=O) groups is 1. The van der Waals surface area contributed by atoms with Crippen LogP contribution < -0.4 is 10.1 Å². The van der Waals surface area contributed by atoms with Crippen molar-refractivity contribution in [1.82, 2.24) is 10.2 Å². The molecular weight excluding hydrogens is 324 g/mol. The second-order valence-electron chi connectivity index (χ2n) is 6.88. The highest BCUT2D eigenvalue weighted by molar-refractivity contribution is 5.85. The van der Waals surface area contributed by atoms with Gasteiger partial charge >= 0.3 is 0 Å². The van der Waals surface area contributed by atoms with Gasteiger partial charge in [-0.05, 0) is 69.3 Å². The maximum atomic E-state index is 12.6. The van der Waals surface area contributed by atoms with Crippen LogP contribution in [0, 0.1) is 13.8 Å². The molecule has 4 nitrogen and oxygen atoms in total. The van der Waals surface area contributed by atoms with Crippen molar-refractivity contribution >= 4 is 18.3 Å². The molecule has 1 aromatic rings. The molecule has 2 aliphatic rings. The highest BCUT2D eigenvalue weighted by Crippen LogP contribution is 2.28. The zero-order valence-corrected chi connectivity index (χ0v) is 15.5. The molecule has 134 valence electrons. The van der Waals surface area contributed by atoms with Crippen molar-refractivity contribution in [3.05, 3.63) is 29.3 Å². The average molecular weight is 353 g/mol. The van der Waals surface area contributed by atoms with Crippen molar-refractivity contribution in [3.63, 3.8) is 0 Å². The van der Waals surface area contributed by atoms with E-state index in [-0.39, 0.29) is 12.4 Å². The van der Waals surface area contributed by atoms with Gasteiger partial charge in [0.2, 0.25) is 5.91 Å². The van der Waals surface area contributed by atoms with E-state index >= 15 is 0 Å². The first-order valence-electron chi connectivity index (χ1n) is 8.87. The van der Waals surface area contributed by atoms with Crippen molar-refractivity contribution < 1.29 is 9.53 Å². The van der Waals surface area contributed by atoms with Crippen LogP contribution >= 0.6 is 12.4 Å². The Morgan fingerprint density at radius 2 is 2.00 bits per heavy atom. The van der Waals surface area contributed by atoms with Crippen molar-refractivity contribution in [1.29, 1.82) is 0 Å². The molecule has 2 aliphatic heterocycles. The van der Waals surface area contributed by atoms with Crippen LogP contribution in [0.4, 0.5) is 0 Å². The number of aryl methyl sites for hydroxylation is 2. The van der Waals surface area contributed by atoms with Gasteiger partial charge < -0.3 is 15.0 Å². The third kappa shape index (κ3) is 4.42. The summed E-state index contributed by atoms with van der Waals surface area (Å²) >= 11 is 0. The second-order valence-corrected chi connectivity index (χ2v) is 6.88. The van der Waals surface area contributed by atoms with E-state index in [0.29, 0.717) is 31.0 Å². The van der Waals surface area contributed by atoms with E-state index in [2.05, 4.69) is 36.2 Å². The van der Waals surface area contributed by atoms with Crippen molar-refractivity contribution in [3.8, 4) is 5.75 Å². The highest BCUT2D eigenvalue weighted by Gasteiger charge is 2.37. The Balaban J connectivity index is 0.00000208. The average Bonchev–Trinajstić information content (AvgIpc) is 2.80. The van der Waals surface area contributed by atoms with Crippen molar-refractivity contribution in [2.75, 3.05) is 19.7 Å². The van der Waals surface area contributed by atoms with Crippen LogP contribution in [0.1, 0.15) is 43.2 Å². The maximum Gasteiger partial charge on any atom is 0.223 e. The molecule has 0 saturated carbocycles. The molecular formula is C19H29ClN2O2. The van der Waals surface area contributed by atoms with E-state index < -0.39 is 0 Å². The minimum absolute atomic E-state index is 0. The number of benzene rings is 1. The zero-order valence-electron chi connectivity index (χ0n) is 14.7. The van der Waals surface area contributed by atoms with Crippen LogP contribution in [-0.4, -0.2) is 42.6 Å². The summed E-state index contributed by atoms with van der Waals surface area (Å²) in [5.41, 5.74) is 2.52. The standard InChI is InChI=1S/C19H28N2O2.ClH/c1-14-5-8-18(12-15(14)2)23-11-3-4-19(22)21-16-6-7-17(21)13-20-10-9-16;/h5,8,12,16-17,20H,3-4,6-7,9-11,13H2,1-2H3;1H. The first kappa shape index (κ1) is 19.1. The van der Waals surface area contributed by atoms with Gasteiger partial charge in [0, 0.05) is 25.0 Å². The molecule has 1 amide bonds. The third-order valence-corrected chi connectivity index (χ3v) is 5.22. The summed E-state index contributed by atoms with van der Waals surface area (Å²) < 4.78 is 5.79. The monoisotopic (exact) mass is 352 g/mol. The molecule has 2 heterocycles. The van der Waals surface area contributed by atoms with E-state index in [1.165, 1.54) is 17.5 Å². The number of hydrogen-bond acceptors (Lipinski definition) is 3. The molecule has 1 N–H and O–H groups in total. The van der Waals surface area contributed by atoms with Crippen LogP contribution in [0.25, 0.3) is 0 Å². The van der Waals surface area contributed by atoms with E-state index in [0.717, 1.165) is 38.1 Å². The number of nitrogens with one attached hydrogen (secondary N) is 1. The Hall–Kier alpha value is -1.26. The number of halogens is 1. The van der Waals surface area contributed by atoms with Crippen LogP contribution in [0.15, 0.2) is 18.2 Å². The molecule has 2 bridgehead atoms. The van der Waals surface area contributed by atoms with Gasteiger partial charge in [-0.2, -0.15) is 0 Å². The number of rotatable bonds is 5. The summed E-state index contributed by atoms with van der Waals surface area (Å²) in [4.78, 5) is 14.7. The minimum Gasteiger partial charge on any atom is -0.494 e. The van der Waals surface area contributed by atoms with E-state index in [1.807, 2.05) is 6.07 Å². The van der Waals surface area contributed by atoms with Gasteiger partial charge in [-0.15, -0.1) is 12.4 Å². The number of amides is 1. The van der Waals surface area contributed by atoms with Crippen LogP contribution in [0.5, 0.6) is 5.75 Å². The van der Waals surface area contributed by atoms with Crippen LogP contribution in [0.3, 0.4) is 0 Å². The molecule has 3 rings (SSSR count). The number of ether oxygens (including phenoxy) is 1. The fraction of sp³-hybridized carbons (Fsp3) is 0.632. The predicted octanol–water partition coefficient (Wildman–Crippen LogP) is 3.24. The summed E-state index contributed by atoms with van der Waals surface area (Å²) in [6, 6.07) is 7.03. The summed E-state index contributed by atoms with van der Waals surface area (Å²) in [6.07, 6.45) is 4.81. The van der Waals surface area contributed by atoms with Gasteiger partial charge in [0.25, 0.3) is 0 Å². The smallest absolute Gasteiger partial charge is 0.223 e. The fourth-order valence-electron chi connectivity index (χ4n) is 3.74. The molecule has 0 radical (unpaired) electrons. The summed E-state index contributed by atoms with van der Waals surface area (Å²) in [5.74, 6) is 1.21. The topological polar surface area (TPSA) is 41.6 Å². The second kappa shape index (κ2) is 8.72. The number of hydrogen-bond donors (Lipinski definition) is 1. The third-order valence-electron chi connectivity index (χ3n) is 5.22. The van der Waals surface area contributed by atoms with Gasteiger partial charge in [0.1, 0.15) is 5.75 Å². The number of nitrogens with zero attached hydrogens (tertiary/aromatic N) is 1. The lowest BCUT2D eigenvalue weighted by molar-refractivity contribution is -0.134. The van der Waals surface area contributed by atoms with Gasteiger partial charge in [-0.1, -0.05) is 6.07 Å². The minimum atomic E-state index is 0. The Kier molecular flexibility index (Phi) is 6.93. The van der Waals surface area contributed by atoms with Crippen LogP contribution in [0.2, 0.25) is 0 Å². The lowest BCUT2D eigenvalue weighted by Crippen LogP contribution is -2.42.